The van der Waals surface area contributed by atoms with Gasteiger partial charge in [-0.25, -0.2) is 0 Å². The van der Waals surface area contributed by atoms with E-state index in [1.807, 2.05) is 6.92 Å². The number of hydrogen-bond acceptors (Lipinski definition) is 3. The first-order chi connectivity index (χ1) is 7.47. The summed E-state index contributed by atoms with van der Waals surface area (Å²) >= 11 is 0. The largest absolute Gasteiger partial charge is 0.481 e. The number of carboxylic acids is 1. The van der Waals surface area contributed by atoms with Crippen molar-refractivity contribution >= 4 is 11.9 Å². The van der Waals surface area contributed by atoms with Gasteiger partial charge in [0.2, 0.25) is 0 Å². The SMILES string of the molecule is CC[C@@](C)(CC(=O)O)NC(=O)c1ccco1. The minimum absolute atomic E-state index is 0.115. The Balaban J connectivity index is 2.70. The smallest absolute Gasteiger partial charge is 0.305 e. The van der Waals surface area contributed by atoms with Gasteiger partial charge >= 0.3 is 5.97 Å². The molecule has 1 atom stereocenters. The molecule has 0 radical (unpaired) electrons. The first-order valence-electron chi connectivity index (χ1n) is 5.04. The molecular formula is C11H15NO4. The van der Waals surface area contributed by atoms with Crippen molar-refractivity contribution < 1.29 is 19.1 Å². The van der Waals surface area contributed by atoms with Crippen LogP contribution in [-0.2, 0) is 4.79 Å². The van der Waals surface area contributed by atoms with E-state index in [-0.39, 0.29) is 12.2 Å². The molecule has 2 N–H and O–H groups in total. The van der Waals surface area contributed by atoms with Gasteiger partial charge in [-0.3, -0.25) is 9.59 Å². The Morgan fingerprint density at radius 1 is 1.56 bits per heavy atom. The molecule has 0 saturated carbocycles. The van der Waals surface area contributed by atoms with Crippen molar-refractivity contribution in [2.24, 2.45) is 0 Å². The normalized spacial score (nSPS) is 14.1. The van der Waals surface area contributed by atoms with Gasteiger partial charge in [-0.05, 0) is 25.5 Å². The fourth-order valence-electron chi connectivity index (χ4n) is 1.33. The minimum atomic E-state index is -0.941. The second kappa shape index (κ2) is 4.83. The molecule has 0 bridgehead atoms. The number of aliphatic carboxylic acids is 1. The molecule has 1 aromatic rings. The standard InChI is InChI=1S/C11H15NO4/c1-3-11(2,7-9(13)14)12-10(15)8-5-4-6-16-8/h4-6H,3,7H2,1-2H3,(H,12,15)(H,13,14)/t11-/m0/s1. The average Bonchev–Trinajstić information content (AvgIpc) is 2.69. The summed E-state index contributed by atoms with van der Waals surface area (Å²) in [6, 6.07) is 3.14. The van der Waals surface area contributed by atoms with Gasteiger partial charge in [-0.1, -0.05) is 6.92 Å². The quantitative estimate of drug-likeness (QED) is 0.798. The molecule has 0 aliphatic heterocycles. The third-order valence-electron chi connectivity index (χ3n) is 2.48. The highest BCUT2D eigenvalue weighted by Gasteiger charge is 2.28. The summed E-state index contributed by atoms with van der Waals surface area (Å²) in [6.45, 7) is 3.52. The van der Waals surface area contributed by atoms with E-state index in [0.717, 1.165) is 0 Å². The Kier molecular flexibility index (Phi) is 3.71. The molecule has 88 valence electrons. The number of furan rings is 1. The monoisotopic (exact) mass is 225 g/mol. The maximum Gasteiger partial charge on any atom is 0.305 e. The van der Waals surface area contributed by atoms with E-state index in [4.69, 9.17) is 9.52 Å². The summed E-state index contributed by atoms with van der Waals surface area (Å²) < 4.78 is 4.93. The molecule has 16 heavy (non-hydrogen) atoms. The number of carbonyl (C=O) groups is 2. The van der Waals surface area contributed by atoms with Gasteiger partial charge in [-0.15, -0.1) is 0 Å². The lowest BCUT2D eigenvalue weighted by Gasteiger charge is -2.27. The molecule has 1 amide bonds. The van der Waals surface area contributed by atoms with Crippen LogP contribution in [0.2, 0.25) is 0 Å². The Bertz CT molecular complexity index is 371. The van der Waals surface area contributed by atoms with Crippen LogP contribution in [0.15, 0.2) is 22.8 Å². The lowest BCUT2D eigenvalue weighted by atomic mass is 9.94. The van der Waals surface area contributed by atoms with Gasteiger partial charge in [0.15, 0.2) is 5.76 Å². The molecule has 1 aromatic heterocycles. The zero-order valence-corrected chi connectivity index (χ0v) is 9.32. The van der Waals surface area contributed by atoms with Crippen molar-refractivity contribution in [3.05, 3.63) is 24.2 Å². The summed E-state index contributed by atoms with van der Waals surface area (Å²) in [4.78, 5) is 22.3. The Morgan fingerprint density at radius 3 is 2.69 bits per heavy atom. The summed E-state index contributed by atoms with van der Waals surface area (Å²) in [7, 11) is 0. The second-order valence-corrected chi connectivity index (χ2v) is 3.92. The van der Waals surface area contributed by atoms with E-state index in [2.05, 4.69) is 5.32 Å². The van der Waals surface area contributed by atoms with Gasteiger partial charge < -0.3 is 14.8 Å². The molecule has 0 aliphatic carbocycles. The number of amides is 1. The number of carbonyl (C=O) groups excluding carboxylic acids is 1. The molecule has 0 spiro atoms. The van der Waals surface area contributed by atoms with Crippen molar-refractivity contribution in [2.75, 3.05) is 0 Å². The number of carboxylic acid groups (broad SMARTS) is 1. The van der Waals surface area contributed by atoms with Crippen LogP contribution < -0.4 is 5.32 Å². The Hall–Kier alpha value is -1.78. The molecule has 0 saturated heterocycles. The number of rotatable bonds is 5. The van der Waals surface area contributed by atoms with Crippen molar-refractivity contribution in [2.45, 2.75) is 32.2 Å². The first kappa shape index (κ1) is 12.3. The van der Waals surface area contributed by atoms with Gasteiger partial charge in [0.1, 0.15) is 0 Å². The Morgan fingerprint density at radius 2 is 2.25 bits per heavy atom. The van der Waals surface area contributed by atoms with Crippen LogP contribution in [-0.4, -0.2) is 22.5 Å². The van der Waals surface area contributed by atoms with Crippen LogP contribution in [0.3, 0.4) is 0 Å². The Labute approximate surface area is 93.4 Å². The summed E-state index contributed by atoms with van der Waals surface area (Å²) in [5.74, 6) is -1.15. The molecule has 1 rings (SSSR count). The molecule has 1 heterocycles. The number of hydrogen-bond donors (Lipinski definition) is 2. The fraction of sp³-hybridized carbons (Fsp3) is 0.455. The van der Waals surface area contributed by atoms with Crippen molar-refractivity contribution in [1.29, 1.82) is 0 Å². The van der Waals surface area contributed by atoms with Crippen LogP contribution in [0.25, 0.3) is 0 Å². The lowest BCUT2D eigenvalue weighted by molar-refractivity contribution is -0.138. The highest BCUT2D eigenvalue weighted by molar-refractivity contribution is 5.92. The topological polar surface area (TPSA) is 79.5 Å². The van der Waals surface area contributed by atoms with Gasteiger partial charge in [-0.2, -0.15) is 0 Å². The van der Waals surface area contributed by atoms with Gasteiger partial charge in [0.25, 0.3) is 5.91 Å². The summed E-state index contributed by atoms with van der Waals surface area (Å²) in [6.07, 6.45) is 1.82. The van der Waals surface area contributed by atoms with Crippen molar-refractivity contribution in [3.63, 3.8) is 0 Å². The third kappa shape index (κ3) is 3.12. The molecule has 0 unspecified atom stereocenters. The van der Waals surface area contributed by atoms with E-state index < -0.39 is 17.4 Å². The third-order valence-corrected chi connectivity index (χ3v) is 2.48. The van der Waals surface area contributed by atoms with E-state index in [0.29, 0.717) is 6.42 Å². The molecule has 5 heteroatoms. The van der Waals surface area contributed by atoms with Crippen LogP contribution in [0.5, 0.6) is 0 Å². The molecule has 0 fully saturated rings. The highest BCUT2D eigenvalue weighted by Crippen LogP contribution is 2.15. The minimum Gasteiger partial charge on any atom is -0.481 e. The highest BCUT2D eigenvalue weighted by atomic mass is 16.4. The van der Waals surface area contributed by atoms with Gasteiger partial charge in [0, 0.05) is 5.54 Å². The molecule has 0 aromatic carbocycles. The fourth-order valence-corrected chi connectivity index (χ4v) is 1.33. The molecule has 0 aliphatic rings. The predicted molar refractivity (Wildman–Crippen MR) is 57.1 cm³/mol. The van der Waals surface area contributed by atoms with Crippen molar-refractivity contribution in [3.8, 4) is 0 Å². The maximum absolute atomic E-state index is 11.7. The van der Waals surface area contributed by atoms with E-state index in [1.54, 1.807) is 13.0 Å². The maximum atomic E-state index is 11.7. The summed E-state index contributed by atoms with van der Waals surface area (Å²) in [5, 5.41) is 11.4. The van der Waals surface area contributed by atoms with E-state index in [9.17, 15) is 9.59 Å². The molecule has 5 nitrogen and oxygen atoms in total. The van der Waals surface area contributed by atoms with Gasteiger partial charge in [0.05, 0.1) is 12.7 Å². The van der Waals surface area contributed by atoms with E-state index >= 15 is 0 Å². The average molecular weight is 225 g/mol. The number of nitrogens with one attached hydrogen (secondary N) is 1. The lowest BCUT2D eigenvalue weighted by Crippen LogP contribution is -2.46. The molecular weight excluding hydrogens is 210 g/mol. The van der Waals surface area contributed by atoms with Crippen LogP contribution in [0.4, 0.5) is 0 Å². The first-order valence-corrected chi connectivity index (χ1v) is 5.04. The summed E-state index contributed by atoms with van der Waals surface area (Å²) in [5.41, 5.74) is -0.754. The second-order valence-electron chi connectivity index (χ2n) is 3.92. The predicted octanol–water partition coefficient (Wildman–Crippen LogP) is 1.65. The van der Waals surface area contributed by atoms with Crippen molar-refractivity contribution in [1.82, 2.24) is 5.32 Å². The van der Waals surface area contributed by atoms with Crippen LogP contribution in [0.1, 0.15) is 37.2 Å². The zero-order valence-electron chi connectivity index (χ0n) is 9.32. The van der Waals surface area contributed by atoms with Crippen LogP contribution >= 0.6 is 0 Å². The van der Waals surface area contributed by atoms with E-state index in [1.165, 1.54) is 12.3 Å². The van der Waals surface area contributed by atoms with Crippen LogP contribution in [0, 0.1) is 0 Å². The zero-order chi connectivity index (χ0) is 12.2.